The van der Waals surface area contributed by atoms with Crippen LogP contribution in [0.15, 0.2) is 65.7 Å². The molecule has 0 saturated heterocycles. The van der Waals surface area contributed by atoms with E-state index < -0.39 is 24.1 Å². The SMILES string of the molecule is O=C(Nc1cccc2ncn(Cc3cccc(CC(F)(F)F)c3)c(=O)c12)c1cc(Cl)c(O)c(Cl)c1. The molecule has 2 N–H and O–H groups in total. The van der Waals surface area contributed by atoms with Gasteiger partial charge in [0.2, 0.25) is 0 Å². The average Bonchev–Trinajstić information content (AvgIpc) is 2.78. The molecule has 0 aliphatic rings. The Kier molecular flexibility index (Phi) is 6.73. The summed E-state index contributed by atoms with van der Waals surface area (Å²) in [5.74, 6) is -0.989. The molecule has 1 amide bonds. The number of phenols is 1. The van der Waals surface area contributed by atoms with Gasteiger partial charge in [-0.3, -0.25) is 14.2 Å². The maximum Gasteiger partial charge on any atom is 0.393 e. The number of nitrogens with zero attached hydrogens (tertiary/aromatic N) is 2. The van der Waals surface area contributed by atoms with Crippen LogP contribution in [0.1, 0.15) is 21.5 Å². The van der Waals surface area contributed by atoms with Crippen LogP contribution in [0.2, 0.25) is 10.0 Å². The number of nitrogens with one attached hydrogen (secondary N) is 1. The van der Waals surface area contributed by atoms with E-state index in [0.717, 1.165) is 0 Å². The summed E-state index contributed by atoms with van der Waals surface area (Å²) in [6.07, 6.45) is -4.13. The minimum atomic E-state index is -4.35. The van der Waals surface area contributed by atoms with E-state index in [1.54, 1.807) is 18.2 Å². The maximum absolute atomic E-state index is 13.3. The number of aromatic nitrogens is 2. The van der Waals surface area contributed by atoms with Crippen LogP contribution in [0, 0.1) is 0 Å². The van der Waals surface area contributed by atoms with Gasteiger partial charge in [-0.25, -0.2) is 4.98 Å². The number of phenolic OH excluding ortho intramolecular Hbond substituents is 1. The van der Waals surface area contributed by atoms with Crippen molar-refractivity contribution in [1.82, 2.24) is 9.55 Å². The fourth-order valence-electron chi connectivity index (χ4n) is 3.57. The lowest BCUT2D eigenvalue weighted by Crippen LogP contribution is -2.23. The Labute approximate surface area is 206 Å². The number of alkyl halides is 3. The summed E-state index contributed by atoms with van der Waals surface area (Å²) < 4.78 is 39.5. The summed E-state index contributed by atoms with van der Waals surface area (Å²) in [5, 5.41) is 12.2. The van der Waals surface area contributed by atoms with Crippen molar-refractivity contribution in [3.05, 3.63) is 98.0 Å². The van der Waals surface area contributed by atoms with E-state index in [9.17, 15) is 27.9 Å². The summed E-state index contributed by atoms with van der Waals surface area (Å²) >= 11 is 11.8. The van der Waals surface area contributed by atoms with Crippen molar-refractivity contribution in [3.8, 4) is 5.75 Å². The Bertz CT molecular complexity index is 1480. The Morgan fingerprint density at radius 1 is 1.03 bits per heavy atom. The summed E-state index contributed by atoms with van der Waals surface area (Å²) in [5.41, 5.74) is 0.623. The van der Waals surface area contributed by atoms with E-state index >= 15 is 0 Å². The molecule has 1 heterocycles. The van der Waals surface area contributed by atoms with Gasteiger partial charge in [0.1, 0.15) is 0 Å². The smallest absolute Gasteiger partial charge is 0.393 e. The molecule has 4 aromatic rings. The quantitative estimate of drug-likeness (QED) is 0.346. The zero-order chi connectivity index (χ0) is 25.3. The minimum Gasteiger partial charge on any atom is -0.505 e. The second-order valence-electron chi connectivity index (χ2n) is 7.73. The molecule has 0 bridgehead atoms. The Balaban J connectivity index is 1.67. The van der Waals surface area contributed by atoms with Gasteiger partial charge in [-0.15, -0.1) is 0 Å². The number of anilines is 1. The lowest BCUT2D eigenvalue weighted by molar-refractivity contribution is -0.127. The number of fused-ring (bicyclic) bond motifs is 1. The molecule has 0 fully saturated rings. The van der Waals surface area contributed by atoms with Gasteiger partial charge in [0, 0.05) is 5.56 Å². The number of amides is 1. The van der Waals surface area contributed by atoms with Crippen LogP contribution in [0.3, 0.4) is 0 Å². The number of hydrogen-bond acceptors (Lipinski definition) is 4. The number of rotatable bonds is 5. The topological polar surface area (TPSA) is 84.2 Å². The standard InChI is InChI=1S/C24H16Cl2F3N3O3/c25-16-8-15(9-17(26)21(16)33)22(34)31-19-6-2-5-18-20(19)23(35)32(12-30-18)11-14-4-1-3-13(7-14)10-24(27,28)29/h1-9,12,33H,10-11H2,(H,31,34). The average molecular weight is 522 g/mol. The lowest BCUT2D eigenvalue weighted by Gasteiger charge is -2.12. The molecule has 11 heteroatoms. The normalized spacial score (nSPS) is 11.6. The molecule has 0 aliphatic carbocycles. The van der Waals surface area contributed by atoms with Crippen molar-refractivity contribution in [1.29, 1.82) is 0 Å². The van der Waals surface area contributed by atoms with Gasteiger partial charge in [0.25, 0.3) is 11.5 Å². The highest BCUT2D eigenvalue weighted by atomic mass is 35.5. The first-order valence-electron chi connectivity index (χ1n) is 10.1. The van der Waals surface area contributed by atoms with E-state index in [2.05, 4.69) is 10.3 Å². The number of hydrogen-bond donors (Lipinski definition) is 2. The van der Waals surface area contributed by atoms with Crippen LogP contribution < -0.4 is 10.9 Å². The second kappa shape index (κ2) is 9.59. The molecule has 4 rings (SSSR count). The summed E-state index contributed by atoms with van der Waals surface area (Å²) in [7, 11) is 0. The first kappa shape index (κ1) is 24.6. The highest BCUT2D eigenvalue weighted by molar-refractivity contribution is 6.37. The molecule has 35 heavy (non-hydrogen) atoms. The van der Waals surface area contributed by atoms with Crippen LogP contribution in [-0.2, 0) is 13.0 Å². The zero-order valence-corrected chi connectivity index (χ0v) is 19.2. The van der Waals surface area contributed by atoms with Crippen LogP contribution in [-0.4, -0.2) is 26.7 Å². The first-order valence-corrected chi connectivity index (χ1v) is 10.9. The van der Waals surface area contributed by atoms with Gasteiger partial charge in [0.05, 0.1) is 45.9 Å². The van der Waals surface area contributed by atoms with Gasteiger partial charge < -0.3 is 10.4 Å². The van der Waals surface area contributed by atoms with E-state index in [4.69, 9.17) is 23.2 Å². The lowest BCUT2D eigenvalue weighted by atomic mass is 10.1. The van der Waals surface area contributed by atoms with Gasteiger partial charge >= 0.3 is 6.18 Å². The highest BCUT2D eigenvalue weighted by Crippen LogP contribution is 2.33. The van der Waals surface area contributed by atoms with Crippen molar-refractivity contribution < 1.29 is 23.1 Å². The van der Waals surface area contributed by atoms with Crippen molar-refractivity contribution in [2.24, 2.45) is 0 Å². The summed E-state index contributed by atoms with van der Waals surface area (Å²) in [4.78, 5) is 30.3. The number of carbonyl (C=O) groups is 1. The molecular formula is C24H16Cl2F3N3O3. The Hall–Kier alpha value is -3.56. The molecule has 3 aromatic carbocycles. The zero-order valence-electron chi connectivity index (χ0n) is 17.7. The molecule has 0 radical (unpaired) electrons. The van der Waals surface area contributed by atoms with E-state index in [1.165, 1.54) is 47.3 Å². The van der Waals surface area contributed by atoms with Gasteiger partial charge in [-0.05, 0) is 35.4 Å². The first-order chi connectivity index (χ1) is 16.5. The predicted molar refractivity (Wildman–Crippen MR) is 127 cm³/mol. The maximum atomic E-state index is 13.3. The van der Waals surface area contributed by atoms with Gasteiger partial charge in [-0.1, -0.05) is 53.5 Å². The van der Waals surface area contributed by atoms with E-state index in [1.807, 2.05) is 0 Å². The minimum absolute atomic E-state index is 0.0150. The van der Waals surface area contributed by atoms with Crippen LogP contribution in [0.25, 0.3) is 10.9 Å². The highest BCUT2D eigenvalue weighted by Gasteiger charge is 2.27. The van der Waals surface area contributed by atoms with Crippen LogP contribution in [0.4, 0.5) is 18.9 Å². The van der Waals surface area contributed by atoms with Crippen molar-refractivity contribution in [2.45, 2.75) is 19.1 Å². The summed E-state index contributed by atoms with van der Waals surface area (Å²) in [6.45, 7) is -0.0150. The predicted octanol–water partition coefficient (Wildman–Crippen LogP) is 5.81. The monoisotopic (exact) mass is 521 g/mol. The van der Waals surface area contributed by atoms with Crippen LogP contribution >= 0.6 is 23.2 Å². The molecule has 0 aliphatic heterocycles. The molecule has 0 saturated carbocycles. The molecule has 0 unspecified atom stereocenters. The Morgan fingerprint density at radius 3 is 2.37 bits per heavy atom. The van der Waals surface area contributed by atoms with Gasteiger partial charge in [0.15, 0.2) is 5.75 Å². The Morgan fingerprint density at radius 2 is 1.69 bits per heavy atom. The van der Waals surface area contributed by atoms with Gasteiger partial charge in [-0.2, -0.15) is 13.2 Å². The number of halogens is 5. The number of carbonyl (C=O) groups excluding carboxylic acids is 1. The summed E-state index contributed by atoms with van der Waals surface area (Å²) in [6, 6.07) is 13.0. The van der Waals surface area contributed by atoms with Crippen molar-refractivity contribution in [3.63, 3.8) is 0 Å². The second-order valence-corrected chi connectivity index (χ2v) is 8.55. The van der Waals surface area contributed by atoms with E-state index in [0.29, 0.717) is 11.1 Å². The third-order valence-corrected chi connectivity index (χ3v) is 5.71. The fourth-order valence-corrected chi connectivity index (χ4v) is 4.06. The molecule has 6 nitrogen and oxygen atoms in total. The fraction of sp³-hybridized carbons (Fsp3) is 0.125. The van der Waals surface area contributed by atoms with E-state index in [-0.39, 0.29) is 44.5 Å². The molecular weight excluding hydrogens is 506 g/mol. The van der Waals surface area contributed by atoms with Crippen molar-refractivity contribution in [2.75, 3.05) is 5.32 Å². The molecule has 0 spiro atoms. The third kappa shape index (κ3) is 5.58. The van der Waals surface area contributed by atoms with Crippen LogP contribution in [0.5, 0.6) is 5.75 Å². The molecule has 180 valence electrons. The largest absolute Gasteiger partial charge is 0.505 e. The molecule has 1 aromatic heterocycles. The molecule has 0 atom stereocenters. The third-order valence-electron chi connectivity index (χ3n) is 5.13. The number of benzene rings is 3. The number of aromatic hydroxyl groups is 1. The van der Waals surface area contributed by atoms with Crippen molar-refractivity contribution >= 4 is 45.7 Å².